The van der Waals surface area contributed by atoms with Crippen molar-refractivity contribution in [3.05, 3.63) is 30.0 Å². The molecule has 2 aromatic heterocycles. The van der Waals surface area contributed by atoms with E-state index in [1.807, 2.05) is 0 Å². The minimum absolute atomic E-state index is 0.0164. The van der Waals surface area contributed by atoms with Gasteiger partial charge < -0.3 is 19.6 Å². The standard InChI is InChI=1S/C16H20N6O/c1-11-5-7-22(14(23)8-17-2)9-13(11)21(3)16-12-4-6-18-15(12)19-10-20-16/h4,6,10-11,13H,5,7-9H2,1,3H3,(H,18,19,20)/t11-,13+/m1/s1/i1D3,5D2,7D2,8D2,9D2,10D,11D,13D. The van der Waals surface area contributed by atoms with E-state index in [2.05, 4.69) is 19.8 Å². The van der Waals surface area contributed by atoms with Crippen LogP contribution in [-0.2, 0) is 4.79 Å². The molecule has 3 heterocycles. The molecule has 0 spiro atoms. The molecular formula is C16H20N6O. The molecule has 1 saturated heterocycles. The second-order valence-corrected chi connectivity index (χ2v) is 4.38. The van der Waals surface area contributed by atoms with Gasteiger partial charge in [0.1, 0.15) is 21.9 Å². The lowest BCUT2D eigenvalue weighted by Gasteiger charge is -2.41. The average Bonchev–Trinajstić information content (AvgIpc) is 3.22. The first-order valence-electron chi connectivity index (χ1n) is 13.3. The maximum Gasteiger partial charge on any atom is 0.302 e. The van der Waals surface area contributed by atoms with Gasteiger partial charge in [-0.3, -0.25) is 4.79 Å². The van der Waals surface area contributed by atoms with Gasteiger partial charge in [-0.1, -0.05) is 6.85 Å². The van der Waals surface area contributed by atoms with Crippen LogP contribution in [0.2, 0.25) is 0 Å². The van der Waals surface area contributed by atoms with Crippen molar-refractivity contribution < 1.29 is 24.0 Å². The highest BCUT2D eigenvalue weighted by Gasteiger charge is 2.33. The van der Waals surface area contributed by atoms with Crippen molar-refractivity contribution in [3.8, 4) is 0 Å². The van der Waals surface area contributed by atoms with Crippen LogP contribution >= 0.6 is 0 Å². The molecule has 7 heteroatoms. The third-order valence-electron chi connectivity index (χ3n) is 3.04. The minimum atomic E-state index is -4.09. The fourth-order valence-corrected chi connectivity index (χ4v) is 1.98. The lowest BCUT2D eigenvalue weighted by Crippen LogP contribution is -2.53. The smallest absolute Gasteiger partial charge is 0.302 e. The number of piperidine rings is 1. The molecule has 0 aliphatic carbocycles. The monoisotopic (exact) mass is 326 g/mol. The van der Waals surface area contributed by atoms with Crippen molar-refractivity contribution >= 4 is 22.8 Å². The van der Waals surface area contributed by atoms with Crippen molar-refractivity contribution in [2.75, 3.05) is 31.4 Å². The van der Waals surface area contributed by atoms with Crippen molar-refractivity contribution in [1.82, 2.24) is 19.9 Å². The Balaban J connectivity index is 2.52. The predicted molar refractivity (Wildman–Crippen MR) is 87.9 cm³/mol. The summed E-state index contributed by atoms with van der Waals surface area (Å²) in [6.45, 7) is -8.69. The Bertz CT molecular complexity index is 1300. The van der Waals surface area contributed by atoms with E-state index in [-0.39, 0.29) is 11.0 Å². The first-order valence-corrected chi connectivity index (χ1v) is 6.27. The van der Waals surface area contributed by atoms with Gasteiger partial charge in [0, 0.05) is 37.2 Å². The second kappa shape index (κ2) is 6.24. The van der Waals surface area contributed by atoms with Gasteiger partial charge in [0.25, 0.3) is 6.50 Å². The molecule has 120 valence electrons. The number of carbonyl (C=O) groups excluding carboxylic acids is 1. The third kappa shape index (κ3) is 2.84. The summed E-state index contributed by atoms with van der Waals surface area (Å²) < 4.78 is 116. The molecule has 2 aromatic rings. The van der Waals surface area contributed by atoms with E-state index in [1.165, 1.54) is 12.3 Å². The van der Waals surface area contributed by atoms with Crippen LogP contribution in [0.1, 0.15) is 32.4 Å². The highest BCUT2D eigenvalue weighted by molar-refractivity contribution is 5.87. The van der Waals surface area contributed by atoms with Crippen LogP contribution in [-0.4, -0.2) is 58.3 Å². The number of H-pyrrole nitrogens is 1. The average molecular weight is 326 g/mol. The fraction of sp³-hybridized carbons (Fsp3) is 0.500. The summed E-state index contributed by atoms with van der Waals surface area (Å²) in [5.41, 5.74) is -0.0260. The molecule has 1 aliphatic rings. The molecule has 1 aliphatic heterocycles. The van der Waals surface area contributed by atoms with Crippen LogP contribution in [0, 0.1) is 12.5 Å². The van der Waals surface area contributed by atoms with Gasteiger partial charge in [0.2, 0.25) is 0 Å². The van der Waals surface area contributed by atoms with Gasteiger partial charge >= 0.3 is 5.91 Å². The number of anilines is 1. The first-order chi connectivity index (χ1) is 16.5. The number of hydrogen-bond acceptors (Lipinski definition) is 4. The molecule has 0 bridgehead atoms. The van der Waals surface area contributed by atoms with Gasteiger partial charge in [-0.05, 0) is 18.3 Å². The lowest BCUT2D eigenvalue weighted by molar-refractivity contribution is -0.130. The Morgan fingerprint density at radius 1 is 1.83 bits per heavy atom. The van der Waals surface area contributed by atoms with Crippen LogP contribution in [0.15, 0.2) is 18.6 Å². The van der Waals surface area contributed by atoms with Gasteiger partial charge in [0.05, 0.1) is 15.5 Å². The van der Waals surface area contributed by atoms with Crippen molar-refractivity contribution in [2.24, 2.45) is 5.89 Å². The Morgan fingerprint density at radius 2 is 2.70 bits per heavy atom. The summed E-state index contributed by atoms with van der Waals surface area (Å²) in [6.07, 6.45) is -3.47. The predicted octanol–water partition coefficient (Wildman–Crippen LogP) is 1.55. The number of fused-ring (bicyclic) bond motifs is 1. The maximum absolute atomic E-state index is 13.0. The Morgan fingerprint density at radius 3 is 3.48 bits per heavy atom. The van der Waals surface area contributed by atoms with Crippen LogP contribution in [0.5, 0.6) is 0 Å². The van der Waals surface area contributed by atoms with E-state index in [1.54, 1.807) is 0 Å². The Hall–Kier alpha value is -2.62. The molecule has 0 saturated carbocycles. The van der Waals surface area contributed by atoms with Crippen LogP contribution in [0.25, 0.3) is 15.9 Å². The molecule has 3 rings (SSSR count). The number of nitrogens with zero attached hydrogens (tertiary/aromatic N) is 5. The van der Waals surface area contributed by atoms with Crippen LogP contribution in [0.4, 0.5) is 5.82 Å². The number of hydrogen-bond donors (Lipinski definition) is 1. The quantitative estimate of drug-likeness (QED) is 0.869. The second-order valence-electron chi connectivity index (χ2n) is 4.38. The number of amides is 1. The van der Waals surface area contributed by atoms with Gasteiger partial charge in [-0.25, -0.2) is 16.5 Å². The first kappa shape index (κ1) is 5.78. The number of aromatic amines is 1. The number of carbonyl (C=O) groups is 1. The summed E-state index contributed by atoms with van der Waals surface area (Å²) in [7, 11) is 0.844. The molecule has 1 fully saturated rings. The van der Waals surface area contributed by atoms with Crippen LogP contribution in [0.3, 0.4) is 0 Å². The third-order valence-corrected chi connectivity index (χ3v) is 3.04. The van der Waals surface area contributed by atoms with E-state index < -0.39 is 67.6 Å². The molecule has 1 amide bonds. The molecule has 0 aromatic carbocycles. The molecule has 1 N–H and O–H groups in total. The summed E-state index contributed by atoms with van der Waals surface area (Å²) in [4.78, 5) is 25.4. The van der Waals surface area contributed by atoms with E-state index in [0.717, 1.165) is 7.05 Å². The largest absolute Gasteiger partial charge is 0.354 e. The normalized spacial score (nSPS) is 44.3. The highest BCUT2D eigenvalue weighted by atomic mass is 16.2. The molecule has 23 heavy (non-hydrogen) atoms. The molecule has 0 unspecified atom stereocenters. The zero-order valence-corrected chi connectivity index (χ0v) is 11.8. The van der Waals surface area contributed by atoms with E-state index in [0.29, 0.717) is 4.90 Å². The fourth-order valence-electron chi connectivity index (χ4n) is 1.98. The number of likely N-dealkylation sites (N-methyl/N-ethyl adjacent to an activating group) is 1. The zero-order chi connectivity index (χ0) is 28.8. The Kier molecular flexibility index (Phi) is 1.57. The number of nitrogens with one attached hydrogen (secondary N) is 1. The maximum atomic E-state index is 13.0. The van der Waals surface area contributed by atoms with Gasteiger partial charge in [0.15, 0.2) is 0 Å². The molecule has 7 nitrogen and oxygen atoms in total. The number of aromatic nitrogens is 3. The van der Waals surface area contributed by atoms with Crippen molar-refractivity contribution in [1.29, 1.82) is 0 Å². The van der Waals surface area contributed by atoms with Crippen LogP contribution < -0.4 is 4.90 Å². The number of rotatable bonds is 3. The summed E-state index contributed by atoms with van der Waals surface area (Å²) >= 11 is 0. The highest BCUT2D eigenvalue weighted by Crippen LogP contribution is 2.28. The SMILES string of the molecule is [2H]c1nc(N(C)[C@@]2([2H])C([2H])([2H])N(C(=O)C([2H])([2H])[N+]#[C-])C([2H])([2H])C([2H])([2H])[C@@]2([2H])C([2H])([2H])[2H])c2cc[nH]c2n1. The molecule has 2 atom stereocenters. The summed E-state index contributed by atoms with van der Waals surface area (Å²) in [5, 5.41) is -0.0164. The number of likely N-dealkylation sites (tertiary alicyclic amines) is 1. The Labute approximate surface area is 154 Å². The van der Waals surface area contributed by atoms with Crippen molar-refractivity contribution in [3.63, 3.8) is 0 Å². The topological polar surface area (TPSA) is 69.5 Å². The van der Waals surface area contributed by atoms with E-state index >= 15 is 0 Å². The van der Waals surface area contributed by atoms with Crippen molar-refractivity contribution in [2.45, 2.75) is 19.2 Å². The lowest BCUT2D eigenvalue weighted by atomic mass is 9.92. The van der Waals surface area contributed by atoms with Gasteiger partial charge in [-0.2, -0.15) is 0 Å². The van der Waals surface area contributed by atoms with E-state index in [4.69, 9.17) is 25.8 Å². The zero-order valence-electron chi connectivity index (χ0n) is 25.8. The van der Waals surface area contributed by atoms with Gasteiger partial charge in [-0.15, -0.1) is 0 Å². The van der Waals surface area contributed by atoms with E-state index in [9.17, 15) is 4.79 Å². The molecular weight excluding hydrogens is 292 g/mol. The molecule has 0 radical (unpaired) electrons. The summed E-state index contributed by atoms with van der Waals surface area (Å²) in [5.74, 6) is -6.80. The summed E-state index contributed by atoms with van der Waals surface area (Å²) in [6, 6.07) is -2.50. The minimum Gasteiger partial charge on any atom is -0.354 e.